The summed E-state index contributed by atoms with van der Waals surface area (Å²) in [7, 11) is 1.30. The molecule has 0 spiro atoms. The van der Waals surface area contributed by atoms with E-state index in [1.165, 1.54) is 7.11 Å². The smallest absolute Gasteiger partial charge is 0.407 e. The lowest BCUT2D eigenvalue weighted by Crippen LogP contribution is -2.51. The van der Waals surface area contributed by atoms with Gasteiger partial charge in [-0.2, -0.15) is 0 Å². The van der Waals surface area contributed by atoms with Crippen molar-refractivity contribution in [1.29, 1.82) is 0 Å². The number of ether oxygens (including phenoxy) is 2. The van der Waals surface area contributed by atoms with Crippen LogP contribution in [0.5, 0.6) is 5.75 Å². The van der Waals surface area contributed by atoms with Crippen LogP contribution in [0.3, 0.4) is 0 Å². The van der Waals surface area contributed by atoms with Gasteiger partial charge in [0.1, 0.15) is 24.2 Å². The molecule has 1 fully saturated rings. The zero-order valence-electron chi connectivity index (χ0n) is 23.7. The third-order valence-electron chi connectivity index (χ3n) is 8.42. The number of aromatic amines is 2. The Balaban J connectivity index is 1.23. The van der Waals surface area contributed by atoms with Crippen molar-refractivity contribution in [3.05, 3.63) is 66.4 Å². The number of carbonyl (C=O) groups is 2. The summed E-state index contributed by atoms with van der Waals surface area (Å²) < 4.78 is 11.0. The van der Waals surface area contributed by atoms with Gasteiger partial charge in [0, 0.05) is 17.5 Å². The van der Waals surface area contributed by atoms with Gasteiger partial charge in [0.15, 0.2) is 0 Å². The molecule has 0 bridgehead atoms. The molecule has 3 N–H and O–H groups in total. The van der Waals surface area contributed by atoms with Crippen molar-refractivity contribution in [3.8, 4) is 28.1 Å². The Morgan fingerprint density at radius 2 is 2.02 bits per heavy atom. The van der Waals surface area contributed by atoms with E-state index in [0.29, 0.717) is 13.2 Å². The Kier molecular flexibility index (Phi) is 6.33. The summed E-state index contributed by atoms with van der Waals surface area (Å²) in [5, 5.41) is 4.77. The normalized spacial score (nSPS) is 16.8. The topological polar surface area (TPSA) is 125 Å². The molecule has 10 heteroatoms. The molecule has 0 unspecified atom stereocenters. The first kappa shape index (κ1) is 26.1. The van der Waals surface area contributed by atoms with Crippen LogP contribution >= 0.6 is 0 Å². The number of hydrogen-bond acceptors (Lipinski definition) is 6. The highest BCUT2D eigenvalue weighted by Gasteiger charge is 2.37. The summed E-state index contributed by atoms with van der Waals surface area (Å²) in [6, 6.07) is 13.9. The number of amides is 2. The molecule has 10 nitrogen and oxygen atoms in total. The summed E-state index contributed by atoms with van der Waals surface area (Å²) in [6.07, 6.45) is 4.54. The molecule has 2 atom stereocenters. The lowest BCUT2D eigenvalue weighted by Gasteiger charge is -2.29. The Bertz CT molecular complexity index is 1830. The number of aromatic nitrogens is 4. The van der Waals surface area contributed by atoms with Crippen LogP contribution in [0.25, 0.3) is 44.2 Å². The zero-order valence-corrected chi connectivity index (χ0v) is 23.7. The zero-order chi connectivity index (χ0) is 29.0. The summed E-state index contributed by atoms with van der Waals surface area (Å²) in [4.78, 5) is 43.2. The van der Waals surface area contributed by atoms with E-state index in [4.69, 9.17) is 14.5 Å². The maximum atomic E-state index is 13.6. The SMILES string of the molecule is COC(=O)N[C@H](C(=O)N1CCC[C@H]1c1nc2c(ccc3cc4c(cc32)OCc2cc(-c3cnc[nH]3)ccc2-4)[nH]1)C(C)C. The standard InChI is InChI=1S/C32H32N6O4/c1-17(2)28(37-32(40)41-3)31(39)38-10-4-5-26(38)30-35-24-9-7-18-12-23-21-8-6-19(25-14-33-16-34-25)11-20(21)15-42-27(23)13-22(18)29(24)36-30/h6-9,11-14,16-17,26,28H,4-5,10,15H2,1-3H3,(H,33,34)(H,35,36)(H,37,40)/t26-,28-/m0/s1. The fraction of sp³-hybridized carbons (Fsp3) is 0.312. The molecule has 2 aromatic heterocycles. The average molecular weight is 565 g/mol. The van der Waals surface area contributed by atoms with E-state index < -0.39 is 12.1 Å². The van der Waals surface area contributed by atoms with Crippen molar-refractivity contribution >= 4 is 33.8 Å². The van der Waals surface area contributed by atoms with Gasteiger partial charge in [0.05, 0.1) is 42.4 Å². The van der Waals surface area contributed by atoms with E-state index in [1.54, 1.807) is 6.33 Å². The Labute approximate surface area is 242 Å². The molecule has 3 aromatic carbocycles. The molecule has 2 aliphatic heterocycles. The van der Waals surface area contributed by atoms with Crippen molar-refractivity contribution in [2.75, 3.05) is 13.7 Å². The number of alkyl carbamates (subject to hydrolysis) is 1. The van der Waals surface area contributed by atoms with Crippen LogP contribution in [0.4, 0.5) is 4.79 Å². The van der Waals surface area contributed by atoms with E-state index in [2.05, 4.69) is 56.7 Å². The highest BCUT2D eigenvalue weighted by Crippen LogP contribution is 2.43. The van der Waals surface area contributed by atoms with Crippen molar-refractivity contribution in [2.24, 2.45) is 5.92 Å². The molecular formula is C32H32N6O4. The lowest BCUT2D eigenvalue weighted by atomic mass is 9.92. The van der Waals surface area contributed by atoms with Crippen LogP contribution in [0.15, 0.2) is 55.0 Å². The fourth-order valence-electron chi connectivity index (χ4n) is 6.24. The molecule has 4 heterocycles. The Hall–Kier alpha value is -4.86. The van der Waals surface area contributed by atoms with Gasteiger partial charge in [0.25, 0.3) is 0 Å². The highest BCUT2D eigenvalue weighted by molar-refractivity contribution is 6.07. The molecular weight excluding hydrogens is 532 g/mol. The summed E-state index contributed by atoms with van der Waals surface area (Å²) in [5.74, 6) is 1.36. The number of hydrogen-bond donors (Lipinski definition) is 3. The fourth-order valence-corrected chi connectivity index (χ4v) is 6.24. The lowest BCUT2D eigenvalue weighted by molar-refractivity contribution is -0.135. The van der Waals surface area contributed by atoms with Crippen LogP contribution in [-0.2, 0) is 16.1 Å². The van der Waals surface area contributed by atoms with Gasteiger partial charge in [0.2, 0.25) is 5.91 Å². The summed E-state index contributed by atoms with van der Waals surface area (Å²) in [6.45, 7) is 4.91. The van der Waals surface area contributed by atoms with Gasteiger partial charge < -0.3 is 29.7 Å². The minimum Gasteiger partial charge on any atom is -0.488 e. The number of imidazole rings is 2. The van der Waals surface area contributed by atoms with E-state index in [0.717, 1.165) is 74.2 Å². The first-order chi connectivity index (χ1) is 20.4. The molecule has 2 aliphatic rings. The molecule has 214 valence electrons. The van der Waals surface area contributed by atoms with Gasteiger partial charge in [-0.25, -0.2) is 14.8 Å². The molecule has 2 amide bonds. The first-order valence-electron chi connectivity index (χ1n) is 14.3. The molecule has 5 aromatic rings. The minimum atomic E-state index is -0.676. The average Bonchev–Trinajstić information content (AvgIpc) is 3.79. The molecule has 0 saturated carbocycles. The second-order valence-corrected chi connectivity index (χ2v) is 11.3. The van der Waals surface area contributed by atoms with E-state index in [9.17, 15) is 9.59 Å². The summed E-state index contributed by atoms with van der Waals surface area (Å²) >= 11 is 0. The number of nitrogens with zero attached hydrogens (tertiary/aromatic N) is 3. The molecule has 0 aliphatic carbocycles. The monoisotopic (exact) mass is 564 g/mol. The molecule has 42 heavy (non-hydrogen) atoms. The number of likely N-dealkylation sites (tertiary alicyclic amines) is 1. The third-order valence-corrected chi connectivity index (χ3v) is 8.42. The van der Waals surface area contributed by atoms with Gasteiger partial charge in [-0.3, -0.25) is 4.79 Å². The van der Waals surface area contributed by atoms with Gasteiger partial charge in [-0.1, -0.05) is 32.0 Å². The van der Waals surface area contributed by atoms with Crippen molar-refractivity contribution in [1.82, 2.24) is 30.2 Å². The summed E-state index contributed by atoms with van der Waals surface area (Å²) in [5.41, 5.74) is 7.15. The molecule has 0 radical (unpaired) electrons. The van der Waals surface area contributed by atoms with Crippen LogP contribution in [0.1, 0.15) is 44.1 Å². The van der Waals surface area contributed by atoms with Crippen molar-refractivity contribution in [3.63, 3.8) is 0 Å². The Morgan fingerprint density at radius 3 is 2.81 bits per heavy atom. The highest BCUT2D eigenvalue weighted by atomic mass is 16.5. The van der Waals surface area contributed by atoms with Gasteiger partial charge >= 0.3 is 6.09 Å². The number of fused-ring (bicyclic) bond motifs is 6. The number of benzene rings is 3. The molecule has 7 rings (SSSR count). The number of nitrogens with one attached hydrogen (secondary N) is 3. The Morgan fingerprint density at radius 1 is 1.14 bits per heavy atom. The van der Waals surface area contributed by atoms with Gasteiger partial charge in [-0.15, -0.1) is 0 Å². The first-order valence-corrected chi connectivity index (χ1v) is 14.3. The second-order valence-electron chi connectivity index (χ2n) is 11.3. The van der Waals surface area contributed by atoms with E-state index in [1.807, 2.05) is 31.0 Å². The van der Waals surface area contributed by atoms with Crippen LogP contribution < -0.4 is 10.1 Å². The maximum absolute atomic E-state index is 13.6. The molecule has 1 saturated heterocycles. The van der Waals surface area contributed by atoms with E-state index in [-0.39, 0.29) is 17.9 Å². The number of carbonyl (C=O) groups excluding carboxylic acids is 2. The number of methoxy groups -OCH3 is 1. The maximum Gasteiger partial charge on any atom is 0.407 e. The number of H-pyrrole nitrogens is 2. The van der Waals surface area contributed by atoms with Gasteiger partial charge in [-0.05, 0) is 65.1 Å². The quantitative estimate of drug-likeness (QED) is 0.251. The van der Waals surface area contributed by atoms with Crippen molar-refractivity contribution < 1.29 is 19.1 Å². The predicted molar refractivity (Wildman–Crippen MR) is 159 cm³/mol. The largest absolute Gasteiger partial charge is 0.488 e. The van der Waals surface area contributed by atoms with E-state index >= 15 is 0 Å². The predicted octanol–water partition coefficient (Wildman–Crippen LogP) is 5.71. The second kappa shape index (κ2) is 10.2. The van der Waals surface area contributed by atoms with Crippen LogP contribution in [0.2, 0.25) is 0 Å². The number of rotatable bonds is 5. The minimum absolute atomic E-state index is 0.0918. The van der Waals surface area contributed by atoms with Crippen LogP contribution in [0, 0.1) is 5.92 Å². The third kappa shape index (κ3) is 4.34. The van der Waals surface area contributed by atoms with Crippen molar-refractivity contribution in [2.45, 2.75) is 45.4 Å². The van der Waals surface area contributed by atoms with Crippen LogP contribution in [-0.4, -0.2) is 56.5 Å².